The number of rotatable bonds is 8. The molecule has 4 aromatic carbocycles. The molecule has 3 aromatic heterocycles. The van der Waals surface area contributed by atoms with E-state index in [0.29, 0.717) is 32.0 Å². The number of amides is 2. The molecular formula is C37H24F4N4O9S2. The van der Waals surface area contributed by atoms with Crippen LogP contribution in [0.25, 0.3) is 31.6 Å². The third-order valence-electron chi connectivity index (χ3n) is 7.71. The van der Waals surface area contributed by atoms with Crippen molar-refractivity contribution in [3.63, 3.8) is 0 Å². The topological polar surface area (TPSA) is 179 Å². The Balaban J connectivity index is 0.000000191. The predicted octanol–water partition coefficient (Wildman–Crippen LogP) is 7.78. The Bertz CT molecular complexity index is 2690. The third kappa shape index (κ3) is 7.84. The molecule has 3 heterocycles. The first-order valence-corrected chi connectivity index (χ1v) is 17.3. The average molecular weight is 809 g/mol. The Kier molecular flexibility index (Phi) is 11.3. The number of methoxy groups -OCH3 is 3. The van der Waals surface area contributed by atoms with Crippen molar-refractivity contribution >= 4 is 71.9 Å². The van der Waals surface area contributed by atoms with Gasteiger partial charge in [-0.3, -0.25) is 20.2 Å². The highest BCUT2D eigenvalue weighted by Gasteiger charge is 2.26. The lowest BCUT2D eigenvalue weighted by Gasteiger charge is -2.09. The van der Waals surface area contributed by atoms with Crippen LogP contribution in [0.1, 0.15) is 31.2 Å². The van der Waals surface area contributed by atoms with Crippen molar-refractivity contribution in [3.8, 4) is 27.7 Å². The summed E-state index contributed by atoms with van der Waals surface area (Å²) in [7, 11) is 4.11. The molecule has 0 spiro atoms. The van der Waals surface area contributed by atoms with Gasteiger partial charge in [0.15, 0.2) is 21.5 Å². The number of carbonyl (C=O) groups is 3. The van der Waals surface area contributed by atoms with Gasteiger partial charge in [-0.25, -0.2) is 37.1 Å². The first-order chi connectivity index (χ1) is 26.8. The number of hydrogen-bond donors (Lipinski definition) is 3. The number of hydrogen-bond acceptors (Lipinski definition) is 13. The van der Waals surface area contributed by atoms with Crippen molar-refractivity contribution in [2.45, 2.75) is 0 Å². The average Bonchev–Trinajstić information content (AvgIpc) is 3.80. The Morgan fingerprint density at radius 2 is 1.34 bits per heavy atom. The molecule has 0 bridgehead atoms. The molecule has 0 radical (unpaired) electrons. The smallest absolute Gasteiger partial charge is 0.363 e. The van der Waals surface area contributed by atoms with E-state index in [9.17, 15) is 41.8 Å². The number of benzene rings is 4. The van der Waals surface area contributed by atoms with Crippen LogP contribution < -0.4 is 25.7 Å². The van der Waals surface area contributed by atoms with Gasteiger partial charge in [-0.05, 0) is 60.7 Å². The number of halogens is 4. The minimum atomic E-state index is -1.04. The van der Waals surface area contributed by atoms with Crippen molar-refractivity contribution in [1.29, 1.82) is 0 Å². The van der Waals surface area contributed by atoms with Crippen LogP contribution in [-0.4, -0.2) is 54.2 Å². The molecule has 0 saturated heterocycles. The maximum atomic E-state index is 13.9. The van der Waals surface area contributed by atoms with Crippen molar-refractivity contribution in [2.24, 2.45) is 0 Å². The summed E-state index contributed by atoms with van der Waals surface area (Å²) in [4.78, 5) is 57.2. The number of anilines is 2. The molecule has 56 heavy (non-hydrogen) atoms. The number of ether oxygens (including phenoxy) is 3. The minimum Gasteiger partial charge on any atom is -0.508 e. The van der Waals surface area contributed by atoms with E-state index in [1.807, 2.05) is 0 Å². The summed E-state index contributed by atoms with van der Waals surface area (Å²) in [6.45, 7) is 0. The van der Waals surface area contributed by atoms with Crippen molar-refractivity contribution < 1.29 is 55.7 Å². The number of phenolic OH excluding ortho intramolecular Hbond substituents is 1. The molecule has 0 fully saturated rings. The molecule has 7 rings (SSSR count). The first-order valence-electron chi connectivity index (χ1n) is 15.7. The maximum Gasteiger partial charge on any atom is 0.363 e. The summed E-state index contributed by atoms with van der Waals surface area (Å²) in [6, 6.07) is 15.3. The van der Waals surface area contributed by atoms with E-state index in [-0.39, 0.29) is 32.8 Å². The number of fused-ring (bicyclic) bond motifs is 3. The molecule has 0 atom stereocenters. The number of nitrogens with zero attached hydrogens (tertiary/aromatic N) is 2. The molecule has 3 N–H and O–H groups in total. The molecule has 286 valence electrons. The van der Waals surface area contributed by atoms with Crippen molar-refractivity contribution in [3.05, 3.63) is 123 Å². The van der Waals surface area contributed by atoms with Crippen LogP contribution in [-0.2, 0) is 4.74 Å². The second kappa shape index (κ2) is 16.2. The van der Waals surface area contributed by atoms with Crippen LogP contribution in [0.5, 0.6) is 17.2 Å². The number of thiazole rings is 2. The number of phenols is 1. The normalized spacial score (nSPS) is 10.8. The van der Waals surface area contributed by atoms with E-state index in [2.05, 4.69) is 20.6 Å². The van der Waals surface area contributed by atoms with Gasteiger partial charge in [0.1, 0.15) is 57.2 Å². The molecule has 19 heteroatoms. The Labute approximate surface area is 319 Å². The van der Waals surface area contributed by atoms with Gasteiger partial charge in [0, 0.05) is 10.9 Å². The molecule has 0 aliphatic carbocycles. The fourth-order valence-electron chi connectivity index (χ4n) is 5.16. The zero-order chi connectivity index (χ0) is 40.3. The molecule has 0 saturated carbocycles. The summed E-state index contributed by atoms with van der Waals surface area (Å²) in [6.07, 6.45) is 0. The Hall–Kier alpha value is -6.86. The summed E-state index contributed by atoms with van der Waals surface area (Å²) >= 11 is 1.84. The van der Waals surface area contributed by atoms with Gasteiger partial charge < -0.3 is 23.7 Å². The Morgan fingerprint density at radius 3 is 1.89 bits per heavy atom. The quantitative estimate of drug-likeness (QED) is 0.0776. The third-order valence-corrected chi connectivity index (χ3v) is 9.72. The van der Waals surface area contributed by atoms with Crippen molar-refractivity contribution in [2.75, 3.05) is 32.0 Å². The number of carbonyl (C=O) groups excluding carboxylic acids is 3. The number of esters is 1. The highest BCUT2D eigenvalue weighted by atomic mass is 32.1. The van der Waals surface area contributed by atoms with Crippen LogP contribution in [0, 0.1) is 23.3 Å². The summed E-state index contributed by atoms with van der Waals surface area (Å²) < 4.78 is 76.0. The Morgan fingerprint density at radius 1 is 0.750 bits per heavy atom. The van der Waals surface area contributed by atoms with E-state index in [1.54, 1.807) is 18.2 Å². The first kappa shape index (κ1) is 38.9. The molecule has 7 aromatic rings. The van der Waals surface area contributed by atoms with Gasteiger partial charge in [0.2, 0.25) is 0 Å². The minimum absolute atomic E-state index is 0.0317. The molecule has 0 unspecified atom stereocenters. The zero-order valence-corrected chi connectivity index (χ0v) is 30.5. The van der Waals surface area contributed by atoms with Gasteiger partial charge in [-0.1, -0.05) is 34.8 Å². The van der Waals surface area contributed by atoms with Gasteiger partial charge >= 0.3 is 11.6 Å². The summed E-state index contributed by atoms with van der Waals surface area (Å²) in [5, 5.41) is 14.6. The number of aromatic nitrogens is 2. The highest BCUT2D eigenvalue weighted by Crippen LogP contribution is 2.41. The predicted molar refractivity (Wildman–Crippen MR) is 198 cm³/mol. The van der Waals surface area contributed by atoms with E-state index < -0.39 is 57.8 Å². The van der Waals surface area contributed by atoms with Crippen LogP contribution in [0.4, 0.5) is 27.8 Å². The van der Waals surface area contributed by atoms with E-state index >= 15 is 0 Å². The second-order valence-electron chi connectivity index (χ2n) is 11.1. The van der Waals surface area contributed by atoms with Crippen LogP contribution in [0.15, 0.2) is 82.0 Å². The monoisotopic (exact) mass is 808 g/mol. The maximum absolute atomic E-state index is 13.9. The molecule has 2 amide bonds. The van der Waals surface area contributed by atoms with Crippen LogP contribution >= 0.6 is 22.7 Å². The van der Waals surface area contributed by atoms with Gasteiger partial charge in [0.05, 0.1) is 30.9 Å². The lowest BCUT2D eigenvalue weighted by molar-refractivity contribution is 0.0595. The largest absolute Gasteiger partial charge is 0.508 e. The van der Waals surface area contributed by atoms with Crippen LogP contribution in [0.2, 0.25) is 0 Å². The molecular weight excluding hydrogens is 785 g/mol. The van der Waals surface area contributed by atoms with Crippen LogP contribution in [0.3, 0.4) is 0 Å². The van der Waals surface area contributed by atoms with E-state index in [1.165, 1.54) is 39.5 Å². The fraction of sp³-hybridized carbons (Fsp3) is 0.0811. The molecule has 13 nitrogen and oxygen atoms in total. The van der Waals surface area contributed by atoms with Gasteiger partial charge in [-0.2, -0.15) is 0 Å². The second-order valence-corrected chi connectivity index (χ2v) is 13.1. The fourth-order valence-corrected chi connectivity index (χ4v) is 7.10. The standard InChI is InChI=1S/C20H16F2N2O5S.C17H8F2N2O4S/c1-27-10-7-8-14(28-2)11(9-10)17-16(19(26)29-3)23-20(30-17)24-18(25)15-12(21)5-4-6-13(15)22;18-9-2-1-3-10(19)12(9)15(23)21-17-20-13-14(26-17)8-6-7(22)4-5-11(8)25-16(13)24/h4-9H,1-3H3,(H,23,24,25);1-6,22H,(H,20,21,23). The zero-order valence-electron chi connectivity index (χ0n) is 28.9. The lowest BCUT2D eigenvalue weighted by Crippen LogP contribution is -2.16. The van der Waals surface area contributed by atoms with E-state index in [4.69, 9.17) is 18.6 Å². The number of nitrogens with one attached hydrogen (secondary N) is 2. The molecule has 0 aliphatic heterocycles. The van der Waals surface area contributed by atoms with Gasteiger partial charge in [0.25, 0.3) is 11.8 Å². The van der Waals surface area contributed by atoms with Gasteiger partial charge in [-0.15, -0.1) is 0 Å². The summed E-state index contributed by atoms with van der Waals surface area (Å²) in [5.41, 5.74) is -1.69. The molecule has 0 aliphatic rings. The van der Waals surface area contributed by atoms with E-state index in [0.717, 1.165) is 59.1 Å². The number of aromatic hydroxyl groups is 1. The SMILES string of the molecule is COC(=O)c1nc(NC(=O)c2c(F)cccc2F)sc1-c1cc(OC)ccc1OC.O=C(Nc1nc2c(=O)oc3ccc(O)cc3c2s1)c1c(F)cccc1F. The lowest BCUT2D eigenvalue weighted by atomic mass is 10.1. The highest BCUT2D eigenvalue weighted by molar-refractivity contribution is 7.23. The summed E-state index contributed by atoms with van der Waals surface area (Å²) in [5.74, 6) is -6.03. The van der Waals surface area contributed by atoms with Crippen molar-refractivity contribution in [1.82, 2.24) is 9.97 Å².